The zero-order valence-corrected chi connectivity index (χ0v) is 16.9. The third-order valence-corrected chi connectivity index (χ3v) is 5.56. The van der Waals surface area contributed by atoms with Gasteiger partial charge in [-0.2, -0.15) is 0 Å². The summed E-state index contributed by atoms with van der Waals surface area (Å²) in [6.45, 7) is 8.72. The van der Waals surface area contributed by atoms with E-state index in [0.717, 1.165) is 43.4 Å². The number of benzene rings is 2. The molecule has 1 aliphatic rings. The van der Waals surface area contributed by atoms with Crippen LogP contribution < -0.4 is 15.1 Å². The van der Waals surface area contributed by atoms with E-state index in [-0.39, 0.29) is 5.82 Å². The molecule has 2 heterocycles. The molecule has 1 aromatic heterocycles. The number of nitrogens with zero attached hydrogens (tertiary/aromatic N) is 4. The number of rotatable bonds is 5. The van der Waals surface area contributed by atoms with E-state index in [1.165, 1.54) is 28.9 Å². The van der Waals surface area contributed by atoms with Gasteiger partial charge in [0.2, 0.25) is 0 Å². The first-order valence-corrected chi connectivity index (χ1v) is 9.96. The summed E-state index contributed by atoms with van der Waals surface area (Å²) in [6.07, 6.45) is 1.60. The SMILES string of the molecule is Cc1cccc(N2CCN(c3cc(NCc4ccc(F)cc4)ncn3)CC2)c1C. The van der Waals surface area contributed by atoms with Crippen molar-refractivity contribution in [2.45, 2.75) is 20.4 Å². The Morgan fingerprint density at radius 1 is 0.931 bits per heavy atom. The molecule has 0 radical (unpaired) electrons. The molecule has 4 rings (SSSR count). The van der Waals surface area contributed by atoms with E-state index in [2.05, 4.69) is 57.1 Å². The zero-order valence-electron chi connectivity index (χ0n) is 16.9. The lowest BCUT2D eigenvalue weighted by molar-refractivity contribution is 0.627. The minimum atomic E-state index is -0.224. The fourth-order valence-corrected chi connectivity index (χ4v) is 3.67. The van der Waals surface area contributed by atoms with Gasteiger partial charge in [-0.3, -0.25) is 0 Å². The Morgan fingerprint density at radius 3 is 2.41 bits per heavy atom. The van der Waals surface area contributed by atoms with Gasteiger partial charge in [-0.15, -0.1) is 0 Å². The lowest BCUT2D eigenvalue weighted by Gasteiger charge is -2.37. The highest BCUT2D eigenvalue weighted by atomic mass is 19.1. The average Bonchev–Trinajstić information content (AvgIpc) is 2.76. The Hall–Kier alpha value is -3.15. The molecule has 0 aliphatic carbocycles. The van der Waals surface area contributed by atoms with Crippen LogP contribution in [0.5, 0.6) is 0 Å². The molecule has 0 saturated carbocycles. The first-order valence-electron chi connectivity index (χ1n) is 9.96. The number of piperazine rings is 1. The van der Waals surface area contributed by atoms with Gasteiger partial charge in [0.1, 0.15) is 23.8 Å². The van der Waals surface area contributed by atoms with Gasteiger partial charge in [0, 0.05) is 44.5 Å². The molecule has 1 N–H and O–H groups in total. The van der Waals surface area contributed by atoms with E-state index >= 15 is 0 Å². The summed E-state index contributed by atoms with van der Waals surface area (Å²) in [7, 11) is 0. The second-order valence-electron chi connectivity index (χ2n) is 7.43. The summed E-state index contributed by atoms with van der Waals surface area (Å²) in [4.78, 5) is 13.5. The molecule has 29 heavy (non-hydrogen) atoms. The van der Waals surface area contributed by atoms with Gasteiger partial charge < -0.3 is 15.1 Å². The molecule has 0 bridgehead atoms. The highest BCUT2D eigenvalue weighted by Crippen LogP contribution is 2.25. The summed E-state index contributed by atoms with van der Waals surface area (Å²) in [5.74, 6) is 1.48. The van der Waals surface area contributed by atoms with Crippen LogP contribution in [-0.4, -0.2) is 36.1 Å². The van der Waals surface area contributed by atoms with E-state index in [0.29, 0.717) is 6.54 Å². The standard InChI is InChI=1S/C23H26FN5/c1-17-4-3-5-21(18(17)2)28-10-12-29(13-11-28)23-14-22(26-16-27-23)25-15-19-6-8-20(24)9-7-19/h3-9,14,16H,10-13,15H2,1-2H3,(H,25,26,27). The maximum Gasteiger partial charge on any atom is 0.134 e. The normalized spacial score (nSPS) is 14.2. The third-order valence-electron chi connectivity index (χ3n) is 5.56. The Labute approximate surface area is 171 Å². The molecule has 3 aromatic rings. The zero-order chi connectivity index (χ0) is 20.2. The summed E-state index contributed by atoms with van der Waals surface area (Å²) in [5, 5.41) is 3.30. The van der Waals surface area contributed by atoms with Crippen LogP contribution in [-0.2, 0) is 6.54 Å². The van der Waals surface area contributed by atoms with E-state index in [1.54, 1.807) is 18.5 Å². The Kier molecular flexibility index (Phi) is 5.60. The average molecular weight is 391 g/mol. The summed E-state index contributed by atoms with van der Waals surface area (Å²) in [5.41, 5.74) is 5.02. The third kappa shape index (κ3) is 4.47. The predicted octanol–water partition coefficient (Wildman–Crippen LogP) is 4.17. The van der Waals surface area contributed by atoms with Crippen LogP contribution in [0.2, 0.25) is 0 Å². The molecule has 1 saturated heterocycles. The molecule has 150 valence electrons. The summed E-state index contributed by atoms with van der Waals surface area (Å²) < 4.78 is 13.0. The Morgan fingerprint density at radius 2 is 1.66 bits per heavy atom. The van der Waals surface area contributed by atoms with Crippen molar-refractivity contribution in [1.29, 1.82) is 0 Å². The Balaban J connectivity index is 1.38. The topological polar surface area (TPSA) is 44.3 Å². The largest absolute Gasteiger partial charge is 0.368 e. The van der Waals surface area contributed by atoms with Gasteiger partial charge in [0.15, 0.2) is 0 Å². The monoisotopic (exact) mass is 391 g/mol. The quantitative estimate of drug-likeness (QED) is 0.707. The van der Waals surface area contributed by atoms with Crippen molar-refractivity contribution in [1.82, 2.24) is 9.97 Å². The van der Waals surface area contributed by atoms with Crippen molar-refractivity contribution >= 4 is 17.3 Å². The first-order chi connectivity index (χ1) is 14.1. The van der Waals surface area contributed by atoms with Crippen molar-refractivity contribution in [2.75, 3.05) is 41.3 Å². The minimum absolute atomic E-state index is 0.224. The molecule has 0 atom stereocenters. The number of hydrogen-bond donors (Lipinski definition) is 1. The minimum Gasteiger partial charge on any atom is -0.368 e. The second-order valence-corrected chi connectivity index (χ2v) is 7.43. The maximum absolute atomic E-state index is 13.0. The summed E-state index contributed by atoms with van der Waals surface area (Å²) in [6, 6.07) is 15.0. The number of aromatic nitrogens is 2. The van der Waals surface area contributed by atoms with E-state index in [4.69, 9.17) is 0 Å². The van der Waals surface area contributed by atoms with E-state index in [1.807, 2.05) is 6.07 Å². The molecule has 0 amide bonds. The number of halogens is 1. The number of nitrogens with one attached hydrogen (secondary N) is 1. The van der Waals surface area contributed by atoms with Crippen LogP contribution in [0.1, 0.15) is 16.7 Å². The second kappa shape index (κ2) is 8.47. The van der Waals surface area contributed by atoms with Crippen LogP contribution in [0.3, 0.4) is 0 Å². The van der Waals surface area contributed by atoms with Crippen molar-refractivity contribution in [2.24, 2.45) is 0 Å². The van der Waals surface area contributed by atoms with Gasteiger partial charge in [0.05, 0.1) is 0 Å². The molecule has 0 unspecified atom stereocenters. The fraction of sp³-hybridized carbons (Fsp3) is 0.304. The number of anilines is 3. The molecular formula is C23H26FN5. The molecule has 2 aromatic carbocycles. The van der Waals surface area contributed by atoms with Crippen LogP contribution in [0.15, 0.2) is 54.9 Å². The van der Waals surface area contributed by atoms with Gasteiger partial charge in [-0.05, 0) is 48.7 Å². The maximum atomic E-state index is 13.0. The lowest BCUT2D eigenvalue weighted by Crippen LogP contribution is -2.47. The molecule has 6 heteroatoms. The lowest BCUT2D eigenvalue weighted by atomic mass is 10.1. The van der Waals surface area contributed by atoms with Crippen LogP contribution in [0, 0.1) is 19.7 Å². The fourth-order valence-electron chi connectivity index (χ4n) is 3.67. The molecule has 1 aliphatic heterocycles. The number of aryl methyl sites for hydroxylation is 1. The smallest absolute Gasteiger partial charge is 0.134 e. The van der Waals surface area contributed by atoms with Crippen LogP contribution >= 0.6 is 0 Å². The van der Waals surface area contributed by atoms with Crippen molar-refractivity contribution in [3.63, 3.8) is 0 Å². The molecule has 5 nitrogen and oxygen atoms in total. The molecular weight excluding hydrogens is 365 g/mol. The van der Waals surface area contributed by atoms with E-state index < -0.39 is 0 Å². The van der Waals surface area contributed by atoms with Crippen molar-refractivity contribution < 1.29 is 4.39 Å². The van der Waals surface area contributed by atoms with Crippen LogP contribution in [0.4, 0.5) is 21.7 Å². The molecule has 0 spiro atoms. The highest BCUT2D eigenvalue weighted by molar-refractivity contribution is 5.57. The van der Waals surface area contributed by atoms with E-state index in [9.17, 15) is 4.39 Å². The number of hydrogen-bond acceptors (Lipinski definition) is 5. The predicted molar refractivity (Wildman–Crippen MR) is 116 cm³/mol. The molecule has 1 fully saturated rings. The van der Waals surface area contributed by atoms with Crippen molar-refractivity contribution in [3.05, 3.63) is 77.4 Å². The summed E-state index contributed by atoms with van der Waals surface area (Å²) >= 11 is 0. The van der Waals surface area contributed by atoms with Gasteiger partial charge in [-0.1, -0.05) is 24.3 Å². The highest BCUT2D eigenvalue weighted by Gasteiger charge is 2.20. The van der Waals surface area contributed by atoms with Crippen molar-refractivity contribution in [3.8, 4) is 0 Å². The van der Waals surface area contributed by atoms with Gasteiger partial charge >= 0.3 is 0 Å². The van der Waals surface area contributed by atoms with Crippen LogP contribution in [0.25, 0.3) is 0 Å². The Bertz CT molecular complexity index is 965. The van der Waals surface area contributed by atoms with Gasteiger partial charge in [-0.25, -0.2) is 14.4 Å². The first kappa shape index (κ1) is 19.2. The van der Waals surface area contributed by atoms with Gasteiger partial charge in [0.25, 0.3) is 0 Å².